The summed E-state index contributed by atoms with van der Waals surface area (Å²) in [5.74, 6) is 1.45. The van der Waals surface area contributed by atoms with E-state index in [-0.39, 0.29) is 5.56 Å². The minimum atomic E-state index is 0.0282. The molecule has 0 spiro atoms. The Kier molecular flexibility index (Phi) is 3.07. The topological polar surface area (TPSA) is 61.0 Å². The number of piperidine rings is 1. The van der Waals surface area contributed by atoms with Gasteiger partial charge in [-0.3, -0.25) is 9.78 Å². The Bertz CT molecular complexity index is 496. The summed E-state index contributed by atoms with van der Waals surface area (Å²) >= 11 is 0. The van der Waals surface area contributed by atoms with Gasteiger partial charge in [-0.15, -0.1) is 0 Å². The van der Waals surface area contributed by atoms with E-state index in [1.807, 2.05) is 0 Å². The third kappa shape index (κ3) is 2.14. The van der Waals surface area contributed by atoms with Gasteiger partial charge in [-0.05, 0) is 18.8 Å². The fourth-order valence-corrected chi connectivity index (χ4v) is 2.87. The van der Waals surface area contributed by atoms with E-state index in [2.05, 4.69) is 27.1 Å². The van der Waals surface area contributed by atoms with Crippen LogP contribution in [-0.2, 0) is 13.0 Å². The van der Waals surface area contributed by atoms with Crippen LogP contribution in [0.25, 0.3) is 0 Å². The van der Waals surface area contributed by atoms with E-state index in [4.69, 9.17) is 0 Å². The Morgan fingerprint density at radius 3 is 3.17 bits per heavy atom. The molecule has 0 amide bonds. The van der Waals surface area contributed by atoms with Crippen molar-refractivity contribution in [3.05, 3.63) is 21.6 Å². The maximum Gasteiger partial charge on any atom is 0.257 e. The second-order valence-electron chi connectivity index (χ2n) is 5.43. The second-order valence-corrected chi connectivity index (χ2v) is 5.43. The molecule has 1 aromatic rings. The normalized spacial score (nSPS) is 23.8. The van der Waals surface area contributed by atoms with Gasteiger partial charge in [0.25, 0.3) is 5.56 Å². The van der Waals surface area contributed by atoms with Gasteiger partial charge in [0.05, 0.1) is 11.3 Å². The predicted octanol–water partition coefficient (Wildman–Crippen LogP) is 0.652. The quantitative estimate of drug-likeness (QED) is 0.766. The molecular formula is C13H20N4O. The zero-order valence-electron chi connectivity index (χ0n) is 10.8. The van der Waals surface area contributed by atoms with E-state index in [1.165, 1.54) is 12.8 Å². The van der Waals surface area contributed by atoms with Gasteiger partial charge in [0, 0.05) is 32.6 Å². The van der Waals surface area contributed by atoms with E-state index in [1.54, 1.807) is 0 Å². The summed E-state index contributed by atoms with van der Waals surface area (Å²) in [5, 5.41) is 3.21. The lowest BCUT2D eigenvalue weighted by molar-refractivity contribution is 0.440. The van der Waals surface area contributed by atoms with Crippen LogP contribution in [0, 0.1) is 5.92 Å². The molecule has 3 heterocycles. The van der Waals surface area contributed by atoms with Crippen molar-refractivity contribution in [3.63, 3.8) is 0 Å². The minimum Gasteiger partial charge on any atom is -0.342 e. The van der Waals surface area contributed by atoms with Crippen molar-refractivity contribution in [3.8, 4) is 0 Å². The molecule has 3 rings (SSSR count). The molecule has 98 valence electrons. The van der Waals surface area contributed by atoms with Gasteiger partial charge in [-0.1, -0.05) is 6.92 Å². The molecule has 1 fully saturated rings. The molecule has 5 heteroatoms. The zero-order chi connectivity index (χ0) is 12.5. The fraction of sp³-hybridized carbons (Fsp3) is 0.692. The van der Waals surface area contributed by atoms with Crippen molar-refractivity contribution >= 4 is 5.95 Å². The van der Waals surface area contributed by atoms with Crippen LogP contribution in [-0.4, -0.2) is 29.6 Å². The van der Waals surface area contributed by atoms with E-state index in [0.717, 1.165) is 43.3 Å². The Labute approximate surface area is 107 Å². The summed E-state index contributed by atoms with van der Waals surface area (Å²) in [7, 11) is 0. The Hall–Kier alpha value is -1.36. The molecule has 1 unspecified atom stereocenters. The molecule has 1 atom stereocenters. The fourth-order valence-electron chi connectivity index (χ4n) is 2.87. The van der Waals surface area contributed by atoms with Crippen molar-refractivity contribution in [2.45, 2.75) is 32.7 Å². The number of aromatic nitrogens is 2. The van der Waals surface area contributed by atoms with Crippen LogP contribution < -0.4 is 15.8 Å². The van der Waals surface area contributed by atoms with Crippen LogP contribution in [0.5, 0.6) is 0 Å². The van der Waals surface area contributed by atoms with E-state index in [0.29, 0.717) is 12.5 Å². The molecule has 2 aliphatic rings. The zero-order valence-corrected chi connectivity index (χ0v) is 10.8. The second kappa shape index (κ2) is 4.72. The van der Waals surface area contributed by atoms with Gasteiger partial charge >= 0.3 is 0 Å². The van der Waals surface area contributed by atoms with Crippen molar-refractivity contribution in [2.75, 3.05) is 24.5 Å². The van der Waals surface area contributed by atoms with Crippen LogP contribution in [0.1, 0.15) is 31.0 Å². The van der Waals surface area contributed by atoms with Gasteiger partial charge in [0.15, 0.2) is 0 Å². The number of hydrogen-bond donors (Lipinski definition) is 2. The van der Waals surface area contributed by atoms with Crippen LogP contribution in [0.3, 0.4) is 0 Å². The highest BCUT2D eigenvalue weighted by atomic mass is 16.1. The number of aromatic amines is 1. The highest BCUT2D eigenvalue weighted by Gasteiger charge is 2.21. The minimum absolute atomic E-state index is 0.0282. The smallest absolute Gasteiger partial charge is 0.257 e. The van der Waals surface area contributed by atoms with Gasteiger partial charge in [-0.25, -0.2) is 4.98 Å². The lowest BCUT2D eigenvalue weighted by atomic mass is 10.0. The van der Waals surface area contributed by atoms with Gasteiger partial charge in [-0.2, -0.15) is 0 Å². The predicted molar refractivity (Wildman–Crippen MR) is 70.9 cm³/mol. The molecule has 0 aliphatic carbocycles. The summed E-state index contributed by atoms with van der Waals surface area (Å²) in [6.07, 6.45) is 3.31. The average molecular weight is 248 g/mol. The Balaban J connectivity index is 1.93. The first kappa shape index (κ1) is 11.7. The highest BCUT2D eigenvalue weighted by Crippen LogP contribution is 2.20. The molecule has 18 heavy (non-hydrogen) atoms. The van der Waals surface area contributed by atoms with Crippen LogP contribution in [0.2, 0.25) is 0 Å². The van der Waals surface area contributed by atoms with Gasteiger partial charge in [0.2, 0.25) is 5.95 Å². The first-order valence-electron chi connectivity index (χ1n) is 6.82. The van der Waals surface area contributed by atoms with Gasteiger partial charge in [0.1, 0.15) is 0 Å². The molecule has 1 aromatic heterocycles. The molecular weight excluding hydrogens is 228 g/mol. The van der Waals surface area contributed by atoms with E-state index < -0.39 is 0 Å². The number of rotatable bonds is 1. The summed E-state index contributed by atoms with van der Waals surface area (Å²) in [6, 6.07) is 0. The maximum atomic E-state index is 12.0. The number of fused-ring (bicyclic) bond motifs is 1. The third-order valence-corrected chi connectivity index (χ3v) is 3.89. The first-order chi connectivity index (χ1) is 8.74. The summed E-state index contributed by atoms with van der Waals surface area (Å²) < 4.78 is 0. The standard InChI is InChI=1S/C13H20N4O/c1-9-3-2-6-17(8-9)13-15-11-4-5-14-7-10(11)12(18)16-13/h9,14H,2-8H2,1H3,(H,15,16,18). The molecule has 2 N–H and O–H groups in total. The average Bonchev–Trinajstić information content (AvgIpc) is 2.39. The number of anilines is 1. The number of hydrogen-bond acceptors (Lipinski definition) is 4. The SMILES string of the molecule is CC1CCCN(c2nc3c(c(=O)[nH]2)CNCC3)C1. The monoisotopic (exact) mass is 248 g/mol. The summed E-state index contributed by atoms with van der Waals surface area (Å²) in [6.45, 7) is 5.82. The van der Waals surface area contributed by atoms with Crippen molar-refractivity contribution in [1.29, 1.82) is 0 Å². The Morgan fingerprint density at radius 1 is 1.44 bits per heavy atom. The molecule has 0 aromatic carbocycles. The van der Waals surface area contributed by atoms with E-state index in [9.17, 15) is 4.79 Å². The molecule has 0 radical (unpaired) electrons. The van der Waals surface area contributed by atoms with Gasteiger partial charge < -0.3 is 10.2 Å². The molecule has 0 bridgehead atoms. The summed E-state index contributed by atoms with van der Waals surface area (Å²) in [5.41, 5.74) is 1.82. The van der Waals surface area contributed by atoms with Crippen LogP contribution >= 0.6 is 0 Å². The first-order valence-corrected chi connectivity index (χ1v) is 6.82. The van der Waals surface area contributed by atoms with Crippen molar-refractivity contribution in [2.24, 2.45) is 5.92 Å². The lowest BCUT2D eigenvalue weighted by Gasteiger charge is -2.31. The lowest BCUT2D eigenvalue weighted by Crippen LogP contribution is -2.38. The van der Waals surface area contributed by atoms with Crippen LogP contribution in [0.4, 0.5) is 5.95 Å². The molecule has 5 nitrogen and oxygen atoms in total. The molecule has 0 saturated carbocycles. The number of H-pyrrole nitrogens is 1. The summed E-state index contributed by atoms with van der Waals surface area (Å²) in [4.78, 5) is 21.9. The van der Waals surface area contributed by atoms with Crippen molar-refractivity contribution in [1.82, 2.24) is 15.3 Å². The number of nitrogens with zero attached hydrogens (tertiary/aromatic N) is 2. The number of nitrogens with one attached hydrogen (secondary N) is 2. The highest BCUT2D eigenvalue weighted by molar-refractivity contribution is 5.34. The molecule has 2 aliphatic heterocycles. The van der Waals surface area contributed by atoms with Crippen molar-refractivity contribution < 1.29 is 0 Å². The third-order valence-electron chi connectivity index (χ3n) is 3.89. The van der Waals surface area contributed by atoms with Crippen LogP contribution in [0.15, 0.2) is 4.79 Å². The maximum absolute atomic E-state index is 12.0. The van der Waals surface area contributed by atoms with E-state index >= 15 is 0 Å². The Morgan fingerprint density at radius 2 is 2.33 bits per heavy atom. The molecule has 1 saturated heterocycles. The largest absolute Gasteiger partial charge is 0.342 e.